The summed E-state index contributed by atoms with van der Waals surface area (Å²) in [4.78, 5) is 8.87. The van der Waals surface area contributed by atoms with Crippen LogP contribution in [0.2, 0.25) is 0 Å². The number of rotatable bonds is 2. The molecule has 0 saturated carbocycles. The van der Waals surface area contributed by atoms with E-state index in [0.717, 1.165) is 25.3 Å². The normalized spacial score (nSPS) is 21.6. The molecule has 2 heterocycles. The molecule has 1 saturated heterocycles. The SMILES string of the molecule is COc1nc(N)ccc1N1CCN(C)[C@@H](C)C1. The summed E-state index contributed by atoms with van der Waals surface area (Å²) in [5.74, 6) is 1.11. The van der Waals surface area contributed by atoms with E-state index in [1.165, 1.54) is 0 Å². The van der Waals surface area contributed by atoms with E-state index in [2.05, 4.69) is 28.8 Å². The van der Waals surface area contributed by atoms with Crippen molar-refractivity contribution in [3.8, 4) is 5.88 Å². The number of nitrogens with two attached hydrogens (primary N) is 1. The summed E-state index contributed by atoms with van der Waals surface area (Å²) in [7, 11) is 3.78. The van der Waals surface area contributed by atoms with Crippen LogP contribution in [-0.2, 0) is 0 Å². The molecule has 2 rings (SSSR count). The van der Waals surface area contributed by atoms with Crippen LogP contribution in [0.4, 0.5) is 11.5 Å². The molecule has 2 N–H and O–H groups in total. The molecule has 1 aromatic heterocycles. The lowest BCUT2D eigenvalue weighted by Gasteiger charge is -2.39. The smallest absolute Gasteiger partial charge is 0.239 e. The van der Waals surface area contributed by atoms with E-state index in [9.17, 15) is 0 Å². The van der Waals surface area contributed by atoms with Crippen LogP contribution >= 0.6 is 0 Å². The largest absolute Gasteiger partial charge is 0.479 e. The summed E-state index contributed by atoms with van der Waals surface area (Å²) < 4.78 is 5.30. The fourth-order valence-corrected chi connectivity index (χ4v) is 2.11. The van der Waals surface area contributed by atoms with Crippen molar-refractivity contribution in [2.24, 2.45) is 0 Å². The molecule has 1 aromatic rings. The number of nitrogens with zero attached hydrogens (tertiary/aromatic N) is 3. The number of hydrogen-bond donors (Lipinski definition) is 1. The van der Waals surface area contributed by atoms with Gasteiger partial charge in [-0.05, 0) is 26.1 Å². The molecule has 1 aliphatic heterocycles. The summed E-state index contributed by atoms with van der Waals surface area (Å²) in [6, 6.07) is 4.34. The molecule has 94 valence electrons. The average molecular weight is 236 g/mol. The van der Waals surface area contributed by atoms with Crippen molar-refractivity contribution in [1.29, 1.82) is 0 Å². The number of nitrogen functional groups attached to an aromatic ring is 1. The van der Waals surface area contributed by atoms with Gasteiger partial charge in [0.05, 0.1) is 7.11 Å². The highest BCUT2D eigenvalue weighted by Crippen LogP contribution is 2.28. The quantitative estimate of drug-likeness (QED) is 0.823. The van der Waals surface area contributed by atoms with Crippen molar-refractivity contribution >= 4 is 11.5 Å². The van der Waals surface area contributed by atoms with Gasteiger partial charge in [-0.1, -0.05) is 0 Å². The van der Waals surface area contributed by atoms with Crippen molar-refractivity contribution in [2.45, 2.75) is 13.0 Å². The molecule has 1 aliphatic rings. The van der Waals surface area contributed by atoms with Crippen molar-refractivity contribution < 1.29 is 4.74 Å². The van der Waals surface area contributed by atoms with E-state index in [1.807, 2.05) is 12.1 Å². The van der Waals surface area contributed by atoms with E-state index < -0.39 is 0 Å². The second kappa shape index (κ2) is 4.79. The van der Waals surface area contributed by atoms with Gasteiger partial charge in [-0.3, -0.25) is 0 Å². The number of piperazine rings is 1. The van der Waals surface area contributed by atoms with Crippen LogP contribution in [0.25, 0.3) is 0 Å². The Morgan fingerprint density at radius 1 is 1.41 bits per heavy atom. The number of pyridine rings is 1. The molecule has 5 heteroatoms. The number of ether oxygens (including phenoxy) is 1. The lowest BCUT2D eigenvalue weighted by Crippen LogP contribution is -2.50. The highest BCUT2D eigenvalue weighted by Gasteiger charge is 2.23. The third kappa shape index (κ3) is 2.44. The molecule has 1 fully saturated rings. The maximum atomic E-state index is 5.66. The van der Waals surface area contributed by atoms with E-state index in [4.69, 9.17) is 10.5 Å². The van der Waals surface area contributed by atoms with Gasteiger partial charge in [-0.25, -0.2) is 0 Å². The zero-order valence-electron chi connectivity index (χ0n) is 10.7. The molecule has 0 bridgehead atoms. The highest BCUT2D eigenvalue weighted by atomic mass is 16.5. The van der Waals surface area contributed by atoms with E-state index >= 15 is 0 Å². The van der Waals surface area contributed by atoms with Crippen molar-refractivity contribution in [3.05, 3.63) is 12.1 Å². The Morgan fingerprint density at radius 2 is 2.18 bits per heavy atom. The number of anilines is 2. The maximum absolute atomic E-state index is 5.66. The summed E-state index contributed by atoms with van der Waals surface area (Å²) in [6.07, 6.45) is 0. The maximum Gasteiger partial charge on any atom is 0.239 e. The molecule has 17 heavy (non-hydrogen) atoms. The Balaban J connectivity index is 2.22. The summed E-state index contributed by atoms with van der Waals surface area (Å²) in [5.41, 5.74) is 6.69. The molecule has 0 unspecified atom stereocenters. The average Bonchev–Trinajstić information content (AvgIpc) is 2.32. The third-order valence-corrected chi connectivity index (χ3v) is 3.36. The number of methoxy groups -OCH3 is 1. The second-order valence-electron chi connectivity index (χ2n) is 4.54. The first-order chi connectivity index (χ1) is 8.11. The number of hydrogen-bond acceptors (Lipinski definition) is 5. The van der Waals surface area contributed by atoms with Gasteiger partial charge in [0.25, 0.3) is 0 Å². The molecule has 0 aromatic carbocycles. The van der Waals surface area contributed by atoms with Gasteiger partial charge in [0.2, 0.25) is 5.88 Å². The van der Waals surface area contributed by atoms with Crippen LogP contribution in [0, 0.1) is 0 Å². The van der Waals surface area contributed by atoms with Gasteiger partial charge in [-0.2, -0.15) is 4.98 Å². The highest BCUT2D eigenvalue weighted by molar-refractivity contribution is 5.58. The monoisotopic (exact) mass is 236 g/mol. The zero-order valence-corrected chi connectivity index (χ0v) is 10.7. The Labute approximate surface area is 102 Å². The van der Waals surface area contributed by atoms with Crippen molar-refractivity contribution in [3.63, 3.8) is 0 Å². The van der Waals surface area contributed by atoms with E-state index in [1.54, 1.807) is 7.11 Å². The fraction of sp³-hybridized carbons (Fsp3) is 0.583. The molecule has 0 spiro atoms. The lowest BCUT2D eigenvalue weighted by molar-refractivity contribution is 0.233. The summed E-state index contributed by atoms with van der Waals surface area (Å²) in [5, 5.41) is 0. The topological polar surface area (TPSA) is 54.6 Å². The minimum atomic E-state index is 0.493. The summed E-state index contributed by atoms with van der Waals surface area (Å²) in [6.45, 7) is 5.25. The van der Waals surface area contributed by atoms with Gasteiger partial charge in [-0.15, -0.1) is 0 Å². The lowest BCUT2D eigenvalue weighted by atomic mass is 10.2. The van der Waals surface area contributed by atoms with Crippen molar-refractivity contribution in [1.82, 2.24) is 9.88 Å². The number of aromatic nitrogens is 1. The standard InChI is InChI=1S/C12H20N4O/c1-9-8-16(7-6-15(9)2)10-4-5-11(13)14-12(10)17-3/h4-5,9H,6-8H2,1-3H3,(H2,13,14)/t9-/m0/s1. The van der Waals surface area contributed by atoms with Crippen LogP contribution < -0.4 is 15.4 Å². The summed E-state index contributed by atoms with van der Waals surface area (Å²) >= 11 is 0. The van der Waals surface area contributed by atoms with Crippen LogP contribution in [0.5, 0.6) is 5.88 Å². The molecule has 0 aliphatic carbocycles. The van der Waals surface area contributed by atoms with Crippen LogP contribution in [0.15, 0.2) is 12.1 Å². The molecule has 1 atom stereocenters. The van der Waals surface area contributed by atoms with Crippen LogP contribution in [0.1, 0.15) is 6.92 Å². The number of likely N-dealkylation sites (N-methyl/N-ethyl adjacent to an activating group) is 1. The van der Waals surface area contributed by atoms with Gasteiger partial charge in [0.15, 0.2) is 0 Å². The van der Waals surface area contributed by atoms with Gasteiger partial charge < -0.3 is 20.3 Å². The predicted molar refractivity (Wildman–Crippen MR) is 69.5 cm³/mol. The first-order valence-corrected chi connectivity index (χ1v) is 5.87. The van der Waals surface area contributed by atoms with E-state index in [0.29, 0.717) is 17.7 Å². The molecule has 0 radical (unpaired) electrons. The second-order valence-corrected chi connectivity index (χ2v) is 4.54. The predicted octanol–water partition coefficient (Wildman–Crippen LogP) is 0.813. The Bertz CT molecular complexity index is 396. The van der Waals surface area contributed by atoms with Gasteiger partial charge >= 0.3 is 0 Å². The first kappa shape index (κ1) is 12.0. The molecule has 0 amide bonds. The molecule has 5 nitrogen and oxygen atoms in total. The van der Waals surface area contributed by atoms with Gasteiger partial charge in [0.1, 0.15) is 11.5 Å². The van der Waals surface area contributed by atoms with Crippen LogP contribution in [-0.4, -0.2) is 49.7 Å². The fourth-order valence-electron chi connectivity index (χ4n) is 2.11. The molecular formula is C12H20N4O. The third-order valence-electron chi connectivity index (χ3n) is 3.36. The Kier molecular flexibility index (Phi) is 3.38. The molecular weight excluding hydrogens is 216 g/mol. The Morgan fingerprint density at radius 3 is 2.82 bits per heavy atom. The van der Waals surface area contributed by atoms with Gasteiger partial charge in [0, 0.05) is 25.7 Å². The first-order valence-electron chi connectivity index (χ1n) is 5.87. The van der Waals surface area contributed by atoms with E-state index in [-0.39, 0.29) is 0 Å². The minimum absolute atomic E-state index is 0.493. The Hall–Kier alpha value is -1.49. The minimum Gasteiger partial charge on any atom is -0.479 e. The van der Waals surface area contributed by atoms with Crippen LogP contribution in [0.3, 0.4) is 0 Å². The zero-order chi connectivity index (χ0) is 12.4. The van der Waals surface area contributed by atoms with Crippen molar-refractivity contribution in [2.75, 3.05) is 44.4 Å².